The zero-order valence-corrected chi connectivity index (χ0v) is 34.6. The summed E-state index contributed by atoms with van der Waals surface area (Å²) in [4.78, 5) is 10.6. The van der Waals surface area contributed by atoms with Gasteiger partial charge in [-0.15, -0.1) is 5.60 Å². The zero-order chi connectivity index (χ0) is 34.4. The summed E-state index contributed by atoms with van der Waals surface area (Å²) in [7, 11) is 0. The average Bonchev–Trinajstić information content (AvgIpc) is 3.02. The summed E-state index contributed by atoms with van der Waals surface area (Å²) in [6.07, 6.45) is 0. The minimum Gasteiger partial charge on any atom is 1.00 e. The van der Waals surface area contributed by atoms with Crippen LogP contribution in [0.3, 0.4) is 0 Å². The zero-order valence-electron chi connectivity index (χ0n) is 28.4. The van der Waals surface area contributed by atoms with Crippen LogP contribution in [0.2, 0.25) is 0 Å². The Morgan fingerprint density at radius 3 is 1.17 bits per heavy atom. The molecule has 0 saturated heterocycles. The Hall–Kier alpha value is -1.87. The van der Waals surface area contributed by atoms with Gasteiger partial charge in [0.25, 0.3) is 0 Å². The van der Waals surface area contributed by atoms with Crippen LogP contribution < -0.4 is 72.4 Å². The van der Waals surface area contributed by atoms with E-state index in [-0.39, 0.29) is 68.8 Å². The molecule has 0 heterocycles. The van der Waals surface area contributed by atoms with Gasteiger partial charge in [-0.2, -0.15) is 0 Å². The number of allylic oxidation sites excluding steroid dienone is 1. The number of carbonyl (C=O) groups excluding carboxylic acids is 1. The molecule has 7 heteroatoms. The van der Waals surface area contributed by atoms with Crippen molar-refractivity contribution < 1.29 is 70.1 Å². The molecule has 0 aliphatic rings. The maximum Gasteiger partial charge on any atom is 1.00 e. The second-order valence-corrected chi connectivity index (χ2v) is 23.5. The Balaban J connectivity index is 0.000000357. The monoisotopic (exact) mass is 790 g/mol. The fourth-order valence-corrected chi connectivity index (χ4v) is 10.7. The second kappa shape index (κ2) is 20.0. The molecule has 5 aromatic rings. The van der Waals surface area contributed by atoms with E-state index >= 15 is 0 Å². The Morgan fingerprint density at radius 2 is 0.936 bits per heavy atom. The van der Waals surface area contributed by atoms with E-state index in [4.69, 9.17) is 0 Å². The molecule has 0 aliphatic carbocycles. The van der Waals surface area contributed by atoms with Crippen LogP contribution >= 0.6 is 26.3 Å². The molecule has 2 nitrogen and oxygen atoms in total. The smallest absolute Gasteiger partial charge is 1.00 e. The van der Waals surface area contributed by atoms with E-state index in [9.17, 15) is 18.7 Å². The van der Waals surface area contributed by atoms with Gasteiger partial charge in [-0.25, -0.2) is 8.78 Å². The second-order valence-electron chi connectivity index (χ2n) is 11.9. The van der Waals surface area contributed by atoms with Gasteiger partial charge < -0.3 is 5.11 Å². The number of halogens is 3. The summed E-state index contributed by atoms with van der Waals surface area (Å²) >= 11 is 2.74. The third-order valence-electron chi connectivity index (χ3n) is 6.66. The molecule has 0 saturated carbocycles. The first kappa shape index (κ1) is 43.1. The molecule has 5 rings (SSSR count). The predicted octanol–water partition coefficient (Wildman–Crippen LogP) is 6.53. The van der Waals surface area contributed by atoms with Gasteiger partial charge in [0.2, 0.25) is 0 Å². The third-order valence-corrected chi connectivity index (χ3v) is 16.3. The van der Waals surface area contributed by atoms with Gasteiger partial charge in [0, 0.05) is 5.56 Å². The minimum absolute atomic E-state index is 0. The van der Waals surface area contributed by atoms with E-state index < -0.39 is 9.85 Å². The maximum absolute atomic E-state index is 12.5. The van der Waals surface area contributed by atoms with Crippen LogP contribution in [0.5, 0.6) is 0 Å². The molecule has 47 heavy (non-hydrogen) atoms. The molecule has 0 N–H and O–H groups in total. The van der Waals surface area contributed by atoms with E-state index in [1.54, 1.807) is 32.9 Å². The van der Waals surface area contributed by atoms with Crippen molar-refractivity contribution in [2.75, 3.05) is 6.66 Å². The van der Waals surface area contributed by atoms with Crippen LogP contribution in [0.25, 0.3) is 5.57 Å². The van der Waals surface area contributed by atoms with E-state index in [2.05, 4.69) is 126 Å². The SMILES string of the molecule is C=C(C)c1cccc(F)c1.CC(=O)c1cccc(F)c1.CC(C)(C)[O-].CP(I)(c1ccccc1)(c1ccccc1)c1ccccc1.[K+]. The molecule has 0 aromatic heterocycles. The Morgan fingerprint density at radius 1 is 0.638 bits per heavy atom. The van der Waals surface area contributed by atoms with Crippen LogP contribution in [-0.2, 0) is 0 Å². The van der Waals surface area contributed by atoms with Crippen molar-refractivity contribution in [1.82, 2.24) is 0 Å². The molecule has 0 fully saturated rings. The van der Waals surface area contributed by atoms with Crippen LogP contribution in [0.4, 0.5) is 8.78 Å². The maximum atomic E-state index is 12.5. The Bertz CT molecular complexity index is 1530. The first-order valence-corrected chi connectivity index (χ1v) is 20.3. The summed E-state index contributed by atoms with van der Waals surface area (Å²) in [6.45, 7) is 14.3. The van der Waals surface area contributed by atoms with Crippen molar-refractivity contribution in [3.8, 4) is 0 Å². The molecule has 0 spiro atoms. The normalized spacial score (nSPS) is 11.2. The number of hydrogen-bond acceptors (Lipinski definition) is 2. The standard InChI is InChI=1S/C19H18IP.C9H9F.C8H7FO.C4H9O.K/c1-21(20,17-11-5-2-6-12-17,18-13-7-3-8-14-18)19-15-9-4-10-16-19;1-7(2)8-4-3-5-9(10)6-8;1-6(10)7-3-2-4-8(9)5-7;1-4(2,3)5;/h2-16H,1H3;3-6H,1H2,2H3;2-5H,1H3;1-3H3;/q;;;-1;+1. The van der Waals surface area contributed by atoms with E-state index in [1.165, 1.54) is 53.2 Å². The van der Waals surface area contributed by atoms with Crippen molar-refractivity contribution in [2.24, 2.45) is 0 Å². The summed E-state index contributed by atoms with van der Waals surface area (Å²) in [5.41, 5.74) is 1.42. The van der Waals surface area contributed by atoms with Crippen molar-refractivity contribution in [2.45, 2.75) is 40.2 Å². The van der Waals surface area contributed by atoms with Gasteiger partial charge >= 0.3 is 191 Å². The van der Waals surface area contributed by atoms with E-state index in [1.807, 2.05) is 13.0 Å². The molecule has 0 atom stereocenters. The number of hydrogen-bond donors (Lipinski definition) is 0. The number of carbonyl (C=O) groups is 1. The number of Topliss-reactive ketones (excluding diaryl/α,β-unsaturated/α-hetero) is 1. The predicted molar refractivity (Wildman–Crippen MR) is 202 cm³/mol. The first-order valence-electron chi connectivity index (χ1n) is 14.8. The summed E-state index contributed by atoms with van der Waals surface area (Å²) in [6, 6.07) is 44.8. The fourth-order valence-electron chi connectivity index (χ4n) is 4.26. The van der Waals surface area contributed by atoms with Gasteiger partial charge in [-0.3, -0.25) is 4.79 Å². The molecular formula is C40H43F2IKO2P. The summed E-state index contributed by atoms with van der Waals surface area (Å²) in [5, 5.41) is 14.4. The third kappa shape index (κ3) is 14.3. The fraction of sp³-hybridized carbons (Fsp3) is 0.175. The molecule has 0 amide bonds. The van der Waals surface area contributed by atoms with E-state index in [0.29, 0.717) is 5.56 Å². The van der Waals surface area contributed by atoms with Gasteiger partial charge in [0.05, 0.1) is 0 Å². The van der Waals surface area contributed by atoms with Crippen LogP contribution in [0, 0.1) is 11.6 Å². The van der Waals surface area contributed by atoms with Crippen molar-refractivity contribution in [1.29, 1.82) is 0 Å². The quantitative estimate of drug-likeness (QED) is 0.0880. The molecular weight excluding hydrogens is 747 g/mol. The molecule has 242 valence electrons. The molecule has 0 aliphatic heterocycles. The number of benzene rings is 5. The minimum atomic E-state index is -2.40. The van der Waals surface area contributed by atoms with Crippen LogP contribution in [-0.4, -0.2) is 18.0 Å². The molecule has 0 radical (unpaired) electrons. The molecule has 0 unspecified atom stereocenters. The van der Waals surface area contributed by atoms with E-state index in [0.717, 1.165) is 11.1 Å². The van der Waals surface area contributed by atoms with Gasteiger partial charge in [-0.1, -0.05) is 57.2 Å². The van der Waals surface area contributed by atoms with Gasteiger partial charge in [0.1, 0.15) is 11.6 Å². The average molecular weight is 791 g/mol. The van der Waals surface area contributed by atoms with Gasteiger partial charge in [-0.05, 0) is 43.7 Å². The molecule has 5 aromatic carbocycles. The summed E-state index contributed by atoms with van der Waals surface area (Å²) < 4.78 is 22.5. The Labute approximate surface area is 335 Å². The van der Waals surface area contributed by atoms with Crippen molar-refractivity contribution in [3.63, 3.8) is 0 Å². The van der Waals surface area contributed by atoms with Crippen LogP contribution in [0.15, 0.2) is 146 Å². The van der Waals surface area contributed by atoms with Crippen molar-refractivity contribution in [3.05, 3.63) is 169 Å². The van der Waals surface area contributed by atoms with Crippen LogP contribution in [0.1, 0.15) is 50.5 Å². The topological polar surface area (TPSA) is 40.1 Å². The Kier molecular flexibility index (Phi) is 18.3. The molecule has 0 bridgehead atoms. The largest absolute Gasteiger partial charge is 1.00 e. The first-order chi connectivity index (χ1) is 21.5. The van der Waals surface area contributed by atoms with Crippen molar-refractivity contribution >= 4 is 53.6 Å². The number of rotatable bonds is 5. The number of ketones is 1. The van der Waals surface area contributed by atoms with Gasteiger partial charge in [0.15, 0.2) is 5.78 Å². The summed E-state index contributed by atoms with van der Waals surface area (Å²) in [5.74, 6) is -0.687.